The van der Waals surface area contributed by atoms with Gasteiger partial charge in [0.1, 0.15) is 0 Å². The average molecular weight is 258 g/mol. The number of rotatable bonds is 3. The molecular formula is C15H22N4. The zero-order chi connectivity index (χ0) is 13.2. The highest BCUT2D eigenvalue weighted by molar-refractivity contribution is 5.53. The van der Waals surface area contributed by atoms with Gasteiger partial charge in [0, 0.05) is 24.0 Å². The minimum absolute atomic E-state index is 0.393. The van der Waals surface area contributed by atoms with Crippen molar-refractivity contribution in [2.75, 3.05) is 7.05 Å². The van der Waals surface area contributed by atoms with E-state index < -0.39 is 0 Å². The van der Waals surface area contributed by atoms with E-state index in [4.69, 9.17) is 0 Å². The van der Waals surface area contributed by atoms with Gasteiger partial charge in [0.15, 0.2) is 0 Å². The van der Waals surface area contributed by atoms with Crippen LogP contribution in [0.15, 0.2) is 24.8 Å². The van der Waals surface area contributed by atoms with Crippen LogP contribution in [0.2, 0.25) is 0 Å². The predicted molar refractivity (Wildman–Crippen MR) is 75.9 cm³/mol. The van der Waals surface area contributed by atoms with Gasteiger partial charge < -0.3 is 5.32 Å². The van der Waals surface area contributed by atoms with Gasteiger partial charge in [-0.2, -0.15) is 5.10 Å². The zero-order valence-corrected chi connectivity index (χ0v) is 11.7. The number of nitrogens with one attached hydrogen (secondary N) is 1. The smallest absolute Gasteiger partial charge is 0.0892 e. The lowest BCUT2D eigenvalue weighted by Crippen LogP contribution is -2.28. The average Bonchev–Trinajstić information content (AvgIpc) is 2.84. The molecule has 0 amide bonds. The Morgan fingerprint density at radius 2 is 2.26 bits per heavy atom. The predicted octanol–water partition coefficient (Wildman–Crippen LogP) is 2.82. The van der Waals surface area contributed by atoms with Gasteiger partial charge >= 0.3 is 0 Å². The van der Waals surface area contributed by atoms with Crippen LogP contribution in [0.1, 0.15) is 44.2 Å². The Balaban J connectivity index is 1.93. The summed E-state index contributed by atoms with van der Waals surface area (Å²) in [5.41, 5.74) is 2.41. The first-order valence-electron chi connectivity index (χ1n) is 7.24. The number of hydrogen-bond acceptors (Lipinski definition) is 3. The normalized spacial score (nSPS) is 25.6. The van der Waals surface area contributed by atoms with Crippen LogP contribution in [-0.4, -0.2) is 21.6 Å². The Labute approximate surface area is 114 Å². The van der Waals surface area contributed by atoms with E-state index >= 15 is 0 Å². The highest BCUT2D eigenvalue weighted by Crippen LogP contribution is 2.37. The van der Waals surface area contributed by atoms with Gasteiger partial charge in [-0.3, -0.25) is 4.98 Å². The quantitative estimate of drug-likeness (QED) is 0.920. The molecule has 0 bridgehead atoms. The summed E-state index contributed by atoms with van der Waals surface area (Å²) in [6, 6.07) is 0.393. The molecule has 4 nitrogen and oxygen atoms in total. The first kappa shape index (κ1) is 12.6. The Hall–Kier alpha value is -1.42. The zero-order valence-electron chi connectivity index (χ0n) is 11.7. The van der Waals surface area contributed by atoms with Gasteiger partial charge in [0.05, 0.1) is 17.9 Å². The lowest BCUT2D eigenvalue weighted by molar-refractivity contribution is 0.230. The molecule has 19 heavy (non-hydrogen) atoms. The van der Waals surface area contributed by atoms with E-state index in [1.165, 1.54) is 31.2 Å². The van der Waals surface area contributed by atoms with Crippen LogP contribution in [0.4, 0.5) is 0 Å². The molecule has 1 aliphatic rings. The van der Waals surface area contributed by atoms with Crippen molar-refractivity contribution in [1.82, 2.24) is 19.9 Å². The molecule has 2 aromatic heterocycles. The number of aromatic nitrogens is 3. The van der Waals surface area contributed by atoms with Gasteiger partial charge in [-0.05, 0) is 31.7 Å². The van der Waals surface area contributed by atoms with Gasteiger partial charge in [-0.25, -0.2) is 4.52 Å². The van der Waals surface area contributed by atoms with Crippen molar-refractivity contribution in [3.8, 4) is 0 Å². The molecule has 1 N–H and O–H groups in total. The van der Waals surface area contributed by atoms with E-state index in [1.54, 1.807) is 6.20 Å². The van der Waals surface area contributed by atoms with Gasteiger partial charge in [-0.1, -0.05) is 19.8 Å². The fourth-order valence-electron chi connectivity index (χ4n) is 3.52. The van der Waals surface area contributed by atoms with Crippen LogP contribution in [0.3, 0.4) is 0 Å². The molecule has 1 aliphatic carbocycles. The summed E-state index contributed by atoms with van der Waals surface area (Å²) in [5.74, 6) is 1.55. The summed E-state index contributed by atoms with van der Waals surface area (Å²) < 4.78 is 1.92. The van der Waals surface area contributed by atoms with Crippen LogP contribution < -0.4 is 5.32 Å². The van der Waals surface area contributed by atoms with Crippen molar-refractivity contribution in [3.05, 3.63) is 30.4 Å². The Morgan fingerprint density at radius 1 is 1.37 bits per heavy atom. The minimum atomic E-state index is 0.393. The lowest BCUT2D eigenvalue weighted by atomic mass is 9.77. The molecule has 1 saturated carbocycles. The van der Waals surface area contributed by atoms with Crippen LogP contribution in [-0.2, 0) is 0 Å². The van der Waals surface area contributed by atoms with Crippen molar-refractivity contribution < 1.29 is 0 Å². The highest BCUT2D eigenvalue weighted by atomic mass is 15.2. The summed E-state index contributed by atoms with van der Waals surface area (Å²) in [4.78, 5) is 4.23. The maximum Gasteiger partial charge on any atom is 0.0892 e. The maximum atomic E-state index is 4.44. The molecule has 3 unspecified atom stereocenters. The van der Waals surface area contributed by atoms with Crippen LogP contribution in [0.5, 0.6) is 0 Å². The van der Waals surface area contributed by atoms with Gasteiger partial charge in [0.2, 0.25) is 0 Å². The molecule has 2 heterocycles. The van der Waals surface area contributed by atoms with Crippen molar-refractivity contribution >= 4 is 5.52 Å². The van der Waals surface area contributed by atoms with Crippen molar-refractivity contribution in [2.45, 2.75) is 38.6 Å². The molecule has 0 aromatic carbocycles. The summed E-state index contributed by atoms with van der Waals surface area (Å²) in [6.45, 7) is 2.37. The monoisotopic (exact) mass is 258 g/mol. The summed E-state index contributed by atoms with van der Waals surface area (Å²) in [5, 5.41) is 7.94. The Kier molecular flexibility index (Phi) is 3.51. The Morgan fingerprint density at radius 3 is 3.05 bits per heavy atom. The third-order valence-electron chi connectivity index (χ3n) is 4.45. The molecule has 0 aliphatic heterocycles. The molecule has 102 valence electrons. The van der Waals surface area contributed by atoms with E-state index in [1.807, 2.05) is 23.1 Å². The molecule has 1 fully saturated rings. The molecule has 0 radical (unpaired) electrons. The molecular weight excluding hydrogens is 236 g/mol. The second-order valence-corrected chi connectivity index (χ2v) is 5.80. The van der Waals surface area contributed by atoms with Crippen LogP contribution in [0.25, 0.3) is 5.52 Å². The second kappa shape index (κ2) is 5.29. The lowest BCUT2D eigenvalue weighted by Gasteiger charge is -2.32. The first-order chi connectivity index (χ1) is 9.29. The third kappa shape index (κ3) is 2.37. The summed E-state index contributed by atoms with van der Waals surface area (Å²) in [6.07, 6.45) is 13.0. The standard InChI is InChI=1S/C15H22N4/c1-11-4-3-5-12(8-11)15(16-2)13-9-18-19-7-6-17-10-14(13)19/h6-7,9-12,15-16H,3-5,8H2,1-2H3. The summed E-state index contributed by atoms with van der Waals surface area (Å²) >= 11 is 0. The van der Waals surface area contributed by atoms with Crippen LogP contribution >= 0.6 is 0 Å². The van der Waals surface area contributed by atoms with Crippen molar-refractivity contribution in [2.24, 2.45) is 11.8 Å². The molecule has 2 aromatic rings. The van der Waals surface area contributed by atoms with Gasteiger partial charge in [0.25, 0.3) is 0 Å². The number of fused-ring (bicyclic) bond motifs is 1. The topological polar surface area (TPSA) is 42.2 Å². The maximum absolute atomic E-state index is 4.44. The summed E-state index contributed by atoms with van der Waals surface area (Å²) in [7, 11) is 2.06. The first-order valence-corrected chi connectivity index (χ1v) is 7.24. The molecule has 0 saturated heterocycles. The minimum Gasteiger partial charge on any atom is -0.313 e. The number of nitrogens with zero attached hydrogens (tertiary/aromatic N) is 3. The van der Waals surface area contributed by atoms with E-state index in [9.17, 15) is 0 Å². The molecule has 3 rings (SSSR count). The number of hydrogen-bond donors (Lipinski definition) is 1. The third-order valence-corrected chi connectivity index (χ3v) is 4.45. The van der Waals surface area contributed by atoms with E-state index in [0.717, 1.165) is 11.4 Å². The fraction of sp³-hybridized carbons (Fsp3) is 0.600. The largest absolute Gasteiger partial charge is 0.313 e. The van der Waals surface area contributed by atoms with Crippen molar-refractivity contribution in [1.29, 1.82) is 0 Å². The van der Waals surface area contributed by atoms with Crippen molar-refractivity contribution in [3.63, 3.8) is 0 Å². The highest BCUT2D eigenvalue weighted by Gasteiger charge is 2.28. The SMILES string of the molecule is CNC(c1cnn2ccncc12)C1CCCC(C)C1. The van der Waals surface area contributed by atoms with Gasteiger partial charge in [-0.15, -0.1) is 0 Å². The van der Waals surface area contributed by atoms with E-state index in [2.05, 4.69) is 29.4 Å². The second-order valence-electron chi connectivity index (χ2n) is 5.80. The Bertz CT molecular complexity index is 548. The molecule has 4 heteroatoms. The fourth-order valence-corrected chi connectivity index (χ4v) is 3.52. The molecule has 0 spiro atoms. The van der Waals surface area contributed by atoms with E-state index in [-0.39, 0.29) is 0 Å². The molecule has 3 atom stereocenters. The van der Waals surface area contributed by atoms with E-state index in [0.29, 0.717) is 12.0 Å². The van der Waals surface area contributed by atoms with Crippen LogP contribution in [0, 0.1) is 11.8 Å².